The van der Waals surface area contributed by atoms with Gasteiger partial charge >= 0.3 is 0 Å². The van der Waals surface area contributed by atoms with Gasteiger partial charge in [0.1, 0.15) is 5.75 Å². The van der Waals surface area contributed by atoms with Crippen molar-refractivity contribution < 1.29 is 13.9 Å². The Kier molecular flexibility index (Phi) is 3.20. The lowest BCUT2D eigenvalue weighted by Gasteiger charge is -2.06. The lowest BCUT2D eigenvalue weighted by molar-refractivity contribution is 0.103. The van der Waals surface area contributed by atoms with Crippen LogP contribution in [0.25, 0.3) is 0 Å². The van der Waals surface area contributed by atoms with Crippen molar-refractivity contribution in [2.75, 3.05) is 7.11 Å². The van der Waals surface area contributed by atoms with Crippen molar-refractivity contribution in [2.45, 2.75) is 6.92 Å². The molecule has 0 aliphatic heterocycles. The largest absolute Gasteiger partial charge is 0.497 e. The number of hydrogen-bond donors (Lipinski definition) is 0. The Bertz CT molecular complexity index is 558. The minimum absolute atomic E-state index is 0.116. The van der Waals surface area contributed by atoms with Gasteiger partial charge in [-0.05, 0) is 48.4 Å². The maximum Gasteiger partial charge on any atom is 0.204 e. The van der Waals surface area contributed by atoms with Crippen molar-refractivity contribution in [1.82, 2.24) is 0 Å². The molecule has 0 saturated carbocycles. The molecule has 0 aliphatic rings. The van der Waals surface area contributed by atoms with Crippen molar-refractivity contribution in [3.63, 3.8) is 0 Å². The van der Waals surface area contributed by atoms with E-state index in [0.29, 0.717) is 11.1 Å². The lowest BCUT2D eigenvalue weighted by atomic mass is 10.0. The molecule has 0 amide bonds. The van der Waals surface area contributed by atoms with Crippen LogP contribution >= 0.6 is 11.6 Å². The van der Waals surface area contributed by atoms with E-state index in [0.717, 1.165) is 11.3 Å². The van der Waals surface area contributed by atoms with Gasteiger partial charge in [0.15, 0.2) is 5.78 Å². The van der Waals surface area contributed by atoms with Gasteiger partial charge in [0.05, 0.1) is 18.9 Å². The average molecular weight is 251 g/mol. The van der Waals surface area contributed by atoms with Crippen LogP contribution in [0.2, 0.25) is 5.22 Å². The Balaban J connectivity index is 2.41. The second-order valence-corrected chi connectivity index (χ2v) is 3.96. The molecular weight excluding hydrogens is 240 g/mol. The van der Waals surface area contributed by atoms with Gasteiger partial charge in [0, 0.05) is 5.56 Å². The van der Waals surface area contributed by atoms with E-state index in [1.165, 1.54) is 6.26 Å². The molecule has 1 aromatic heterocycles. The van der Waals surface area contributed by atoms with Gasteiger partial charge in [0.25, 0.3) is 0 Å². The number of carbonyl (C=O) groups is 1. The first-order valence-corrected chi connectivity index (χ1v) is 5.43. The molecule has 0 fully saturated rings. The molecule has 0 atom stereocenters. The van der Waals surface area contributed by atoms with E-state index in [9.17, 15) is 4.79 Å². The summed E-state index contributed by atoms with van der Waals surface area (Å²) >= 11 is 5.78. The number of rotatable bonds is 3. The van der Waals surface area contributed by atoms with Crippen LogP contribution in [0.1, 0.15) is 21.5 Å². The van der Waals surface area contributed by atoms with E-state index in [2.05, 4.69) is 0 Å². The zero-order valence-electron chi connectivity index (χ0n) is 9.49. The number of benzene rings is 1. The Labute approximate surface area is 104 Å². The fraction of sp³-hybridized carbons (Fsp3) is 0.154. The fourth-order valence-corrected chi connectivity index (χ4v) is 1.82. The molecular formula is C13H11ClO3. The van der Waals surface area contributed by atoms with Crippen LogP contribution in [0.4, 0.5) is 0 Å². The molecule has 17 heavy (non-hydrogen) atoms. The molecule has 4 heteroatoms. The zero-order valence-corrected chi connectivity index (χ0v) is 10.2. The second kappa shape index (κ2) is 4.63. The van der Waals surface area contributed by atoms with Crippen LogP contribution in [0.3, 0.4) is 0 Å². The lowest BCUT2D eigenvalue weighted by Crippen LogP contribution is -2.03. The minimum atomic E-state index is -0.149. The standard InChI is InChI=1S/C13H11ClO3/c1-8-7-9(16-2)3-4-10(8)12(15)11-5-6-17-13(11)14/h3-7H,1-2H3. The predicted molar refractivity (Wildman–Crippen MR) is 64.9 cm³/mol. The molecule has 0 N–H and O–H groups in total. The highest BCUT2D eigenvalue weighted by molar-refractivity contribution is 6.33. The highest BCUT2D eigenvalue weighted by Crippen LogP contribution is 2.24. The summed E-state index contributed by atoms with van der Waals surface area (Å²) in [6.45, 7) is 1.85. The molecule has 1 aromatic carbocycles. The normalized spacial score (nSPS) is 10.3. The summed E-state index contributed by atoms with van der Waals surface area (Å²) in [5.74, 6) is 0.571. The van der Waals surface area contributed by atoms with Crippen LogP contribution in [0.5, 0.6) is 5.75 Å². The molecule has 0 saturated heterocycles. The monoisotopic (exact) mass is 250 g/mol. The molecule has 3 nitrogen and oxygen atoms in total. The van der Waals surface area contributed by atoms with Crippen LogP contribution in [0.15, 0.2) is 34.9 Å². The number of aryl methyl sites for hydroxylation is 1. The number of ether oxygens (including phenoxy) is 1. The van der Waals surface area contributed by atoms with Crippen LogP contribution < -0.4 is 4.74 Å². The van der Waals surface area contributed by atoms with Crippen LogP contribution in [0, 0.1) is 6.92 Å². The van der Waals surface area contributed by atoms with Gasteiger partial charge in [-0.2, -0.15) is 0 Å². The van der Waals surface area contributed by atoms with E-state index in [4.69, 9.17) is 20.8 Å². The van der Waals surface area contributed by atoms with E-state index in [1.54, 1.807) is 31.4 Å². The Morgan fingerprint density at radius 2 is 2.06 bits per heavy atom. The maximum absolute atomic E-state index is 12.2. The van der Waals surface area contributed by atoms with E-state index in [-0.39, 0.29) is 11.0 Å². The Hall–Kier alpha value is -1.74. The molecule has 2 aromatic rings. The van der Waals surface area contributed by atoms with Gasteiger partial charge in [-0.1, -0.05) is 0 Å². The number of ketones is 1. The molecule has 0 spiro atoms. The molecule has 0 radical (unpaired) electrons. The predicted octanol–water partition coefficient (Wildman–Crippen LogP) is 3.48. The van der Waals surface area contributed by atoms with Crippen molar-refractivity contribution in [3.05, 3.63) is 52.4 Å². The first-order chi connectivity index (χ1) is 8.13. The summed E-state index contributed by atoms with van der Waals surface area (Å²) < 4.78 is 10.0. The summed E-state index contributed by atoms with van der Waals surface area (Å²) in [7, 11) is 1.59. The number of furan rings is 1. The summed E-state index contributed by atoms with van der Waals surface area (Å²) in [5.41, 5.74) is 1.81. The van der Waals surface area contributed by atoms with Gasteiger partial charge in [-0.15, -0.1) is 0 Å². The van der Waals surface area contributed by atoms with Gasteiger partial charge in [-0.3, -0.25) is 4.79 Å². The van der Waals surface area contributed by atoms with E-state index >= 15 is 0 Å². The molecule has 2 rings (SSSR count). The number of halogens is 1. The quantitative estimate of drug-likeness (QED) is 0.783. The summed E-state index contributed by atoms with van der Waals surface area (Å²) in [6, 6.07) is 6.84. The van der Waals surface area contributed by atoms with Crippen molar-refractivity contribution in [3.8, 4) is 5.75 Å². The summed E-state index contributed by atoms with van der Waals surface area (Å²) in [4.78, 5) is 12.2. The van der Waals surface area contributed by atoms with Crippen LogP contribution in [-0.4, -0.2) is 12.9 Å². The van der Waals surface area contributed by atoms with Gasteiger partial charge < -0.3 is 9.15 Å². The van der Waals surface area contributed by atoms with Crippen molar-refractivity contribution in [1.29, 1.82) is 0 Å². The third-order valence-electron chi connectivity index (χ3n) is 2.54. The third kappa shape index (κ3) is 2.19. The molecule has 88 valence electrons. The minimum Gasteiger partial charge on any atom is -0.497 e. The highest BCUT2D eigenvalue weighted by Gasteiger charge is 2.17. The second-order valence-electron chi connectivity index (χ2n) is 3.62. The molecule has 0 unspecified atom stereocenters. The van der Waals surface area contributed by atoms with Crippen molar-refractivity contribution in [2.24, 2.45) is 0 Å². The molecule has 0 aliphatic carbocycles. The average Bonchev–Trinajstić information content (AvgIpc) is 2.74. The number of hydrogen-bond acceptors (Lipinski definition) is 3. The first-order valence-electron chi connectivity index (χ1n) is 5.06. The van der Waals surface area contributed by atoms with E-state index < -0.39 is 0 Å². The zero-order chi connectivity index (χ0) is 12.4. The van der Waals surface area contributed by atoms with Gasteiger partial charge in [-0.25, -0.2) is 0 Å². The number of methoxy groups -OCH3 is 1. The SMILES string of the molecule is COc1ccc(C(=O)c2ccoc2Cl)c(C)c1. The Morgan fingerprint density at radius 1 is 1.29 bits per heavy atom. The highest BCUT2D eigenvalue weighted by atomic mass is 35.5. The van der Waals surface area contributed by atoms with Gasteiger partial charge in [0.2, 0.25) is 5.22 Å². The number of carbonyl (C=O) groups excluding carboxylic acids is 1. The van der Waals surface area contributed by atoms with Crippen molar-refractivity contribution >= 4 is 17.4 Å². The van der Waals surface area contributed by atoms with Crippen LogP contribution in [-0.2, 0) is 0 Å². The summed E-state index contributed by atoms with van der Waals surface area (Å²) in [6.07, 6.45) is 1.40. The third-order valence-corrected chi connectivity index (χ3v) is 2.83. The van der Waals surface area contributed by atoms with E-state index in [1.807, 2.05) is 6.92 Å². The first kappa shape index (κ1) is 11.7. The smallest absolute Gasteiger partial charge is 0.204 e. The fourth-order valence-electron chi connectivity index (χ4n) is 1.62. The molecule has 1 heterocycles. The molecule has 0 bridgehead atoms. The Morgan fingerprint density at radius 3 is 2.59 bits per heavy atom. The maximum atomic E-state index is 12.2. The topological polar surface area (TPSA) is 39.4 Å². The summed E-state index contributed by atoms with van der Waals surface area (Å²) in [5, 5.41) is 0.116.